The third kappa shape index (κ3) is 4.25. The SMILES string of the molecule is O=[N+]([O-])c1ccc(Cl)c(S(=O)(=O)NCC(F)(F)C(F)F)c1. The molecule has 0 radical (unpaired) electrons. The predicted molar refractivity (Wildman–Crippen MR) is 64.2 cm³/mol. The van der Waals surface area contributed by atoms with E-state index in [0.29, 0.717) is 6.07 Å². The average Bonchev–Trinajstić information content (AvgIpc) is 2.36. The molecule has 6 nitrogen and oxygen atoms in total. The van der Waals surface area contributed by atoms with Gasteiger partial charge in [0.2, 0.25) is 10.0 Å². The molecule has 0 aliphatic heterocycles. The van der Waals surface area contributed by atoms with Crippen LogP contribution in [-0.4, -0.2) is 32.2 Å². The van der Waals surface area contributed by atoms with E-state index >= 15 is 0 Å². The van der Waals surface area contributed by atoms with Crippen molar-refractivity contribution in [2.45, 2.75) is 17.2 Å². The molecule has 0 aliphatic rings. The number of sulfonamides is 1. The fourth-order valence-corrected chi connectivity index (χ4v) is 2.72. The van der Waals surface area contributed by atoms with Crippen molar-refractivity contribution in [2.75, 3.05) is 6.54 Å². The summed E-state index contributed by atoms with van der Waals surface area (Å²) in [6, 6.07) is 2.31. The van der Waals surface area contributed by atoms with Gasteiger partial charge in [-0.1, -0.05) is 11.6 Å². The third-order valence-corrected chi connectivity index (χ3v) is 4.12. The highest BCUT2D eigenvalue weighted by molar-refractivity contribution is 7.89. The van der Waals surface area contributed by atoms with Gasteiger partial charge in [-0.15, -0.1) is 0 Å². The zero-order valence-corrected chi connectivity index (χ0v) is 11.5. The summed E-state index contributed by atoms with van der Waals surface area (Å²) in [7, 11) is -4.71. The molecule has 0 aromatic heterocycles. The number of nitrogens with zero attached hydrogens (tertiary/aromatic N) is 1. The van der Waals surface area contributed by atoms with E-state index in [-0.39, 0.29) is 0 Å². The predicted octanol–water partition coefficient (Wildman–Crippen LogP) is 2.43. The van der Waals surface area contributed by atoms with E-state index in [1.165, 1.54) is 4.72 Å². The van der Waals surface area contributed by atoms with Crippen LogP contribution in [-0.2, 0) is 10.0 Å². The van der Waals surface area contributed by atoms with Crippen LogP contribution in [0.25, 0.3) is 0 Å². The van der Waals surface area contributed by atoms with Crippen LogP contribution >= 0.6 is 11.6 Å². The van der Waals surface area contributed by atoms with Crippen LogP contribution < -0.4 is 4.72 Å². The van der Waals surface area contributed by atoms with Crippen LogP contribution in [0.3, 0.4) is 0 Å². The Morgan fingerprint density at radius 2 is 1.95 bits per heavy atom. The molecule has 0 saturated carbocycles. The Bertz CT molecular complexity index is 653. The van der Waals surface area contributed by atoms with Gasteiger partial charge in [-0.25, -0.2) is 21.9 Å². The lowest BCUT2D eigenvalue weighted by Gasteiger charge is -2.16. The summed E-state index contributed by atoms with van der Waals surface area (Å²) in [4.78, 5) is 8.74. The second kappa shape index (κ2) is 6.12. The largest absolute Gasteiger partial charge is 0.320 e. The fourth-order valence-electron chi connectivity index (χ4n) is 1.16. The first-order valence-electron chi connectivity index (χ1n) is 5.07. The molecule has 1 aromatic rings. The second-order valence-corrected chi connectivity index (χ2v) is 5.90. The van der Waals surface area contributed by atoms with E-state index in [1.54, 1.807) is 0 Å². The number of non-ortho nitro benzene ring substituents is 1. The molecule has 0 aliphatic carbocycles. The van der Waals surface area contributed by atoms with Crippen molar-refractivity contribution >= 4 is 27.3 Å². The van der Waals surface area contributed by atoms with Crippen molar-refractivity contribution < 1.29 is 30.9 Å². The minimum Gasteiger partial charge on any atom is -0.258 e. The molecule has 0 unspecified atom stereocenters. The Hall–Kier alpha value is -1.46. The van der Waals surface area contributed by atoms with Gasteiger partial charge in [-0.2, -0.15) is 8.78 Å². The number of nitro benzene ring substituents is 1. The summed E-state index contributed by atoms with van der Waals surface area (Å²) >= 11 is 5.52. The first-order valence-corrected chi connectivity index (χ1v) is 6.93. The highest BCUT2D eigenvalue weighted by Crippen LogP contribution is 2.27. The maximum atomic E-state index is 12.7. The quantitative estimate of drug-likeness (QED) is 0.485. The minimum absolute atomic E-state index is 0.478. The monoisotopic (exact) mass is 350 g/mol. The summed E-state index contributed by atoms with van der Waals surface area (Å²) in [6.07, 6.45) is -4.07. The maximum Gasteiger partial charge on any atom is 0.320 e. The Morgan fingerprint density at radius 3 is 2.43 bits per heavy atom. The number of nitrogens with one attached hydrogen (secondary N) is 1. The van der Waals surface area contributed by atoms with E-state index in [4.69, 9.17) is 11.6 Å². The summed E-state index contributed by atoms with van der Waals surface area (Å²) < 4.78 is 73.9. The number of alkyl halides is 4. The number of halogens is 5. The topological polar surface area (TPSA) is 89.3 Å². The van der Waals surface area contributed by atoms with Crippen molar-refractivity contribution in [1.29, 1.82) is 0 Å². The zero-order valence-electron chi connectivity index (χ0n) is 9.89. The Labute approximate surface area is 120 Å². The lowest BCUT2D eigenvalue weighted by molar-refractivity contribution is -0.385. The first kappa shape index (κ1) is 17.6. The van der Waals surface area contributed by atoms with Crippen molar-refractivity contribution in [1.82, 2.24) is 4.72 Å². The number of nitro groups is 1. The zero-order chi connectivity index (χ0) is 16.4. The van der Waals surface area contributed by atoms with Crippen LogP contribution in [0.5, 0.6) is 0 Å². The van der Waals surface area contributed by atoms with Crippen LogP contribution in [0, 0.1) is 10.1 Å². The first-order chi connectivity index (χ1) is 9.47. The molecule has 0 fully saturated rings. The minimum atomic E-state index is -4.71. The number of benzene rings is 1. The lowest BCUT2D eigenvalue weighted by Crippen LogP contribution is -2.41. The lowest BCUT2D eigenvalue weighted by atomic mass is 10.3. The third-order valence-electron chi connectivity index (χ3n) is 2.23. The molecule has 118 valence electrons. The van der Waals surface area contributed by atoms with Gasteiger partial charge in [0, 0.05) is 12.1 Å². The van der Waals surface area contributed by atoms with E-state index in [9.17, 15) is 36.1 Å². The smallest absolute Gasteiger partial charge is 0.258 e. The fraction of sp³-hybridized carbons (Fsp3) is 0.333. The molecule has 0 atom stereocenters. The van der Waals surface area contributed by atoms with Crippen molar-refractivity contribution in [2.24, 2.45) is 0 Å². The molecule has 0 heterocycles. The second-order valence-electron chi connectivity index (χ2n) is 3.76. The molecule has 1 rings (SSSR count). The Morgan fingerprint density at radius 1 is 1.38 bits per heavy atom. The summed E-state index contributed by atoms with van der Waals surface area (Å²) in [5.74, 6) is -4.58. The van der Waals surface area contributed by atoms with Crippen LogP contribution in [0.1, 0.15) is 0 Å². The van der Waals surface area contributed by atoms with Crippen molar-refractivity contribution in [3.63, 3.8) is 0 Å². The van der Waals surface area contributed by atoms with E-state index in [1.807, 2.05) is 0 Å². The van der Waals surface area contributed by atoms with Gasteiger partial charge in [-0.3, -0.25) is 10.1 Å². The standard InChI is InChI=1S/C9H7ClF4N2O4S/c10-6-2-1-5(16(17)18)3-7(6)21(19,20)15-4-9(13,14)8(11)12/h1-3,8,15H,4H2. The highest BCUT2D eigenvalue weighted by atomic mass is 35.5. The van der Waals surface area contributed by atoms with Gasteiger partial charge < -0.3 is 0 Å². The van der Waals surface area contributed by atoms with Gasteiger partial charge in [0.05, 0.1) is 16.5 Å². The van der Waals surface area contributed by atoms with Crippen LogP contribution in [0.15, 0.2) is 23.1 Å². The normalized spacial score (nSPS) is 12.7. The summed E-state index contributed by atoms with van der Waals surface area (Å²) in [5.41, 5.74) is -0.652. The summed E-state index contributed by atoms with van der Waals surface area (Å²) in [5, 5.41) is 10.0. The van der Waals surface area contributed by atoms with E-state index in [2.05, 4.69) is 0 Å². The molecule has 0 amide bonds. The van der Waals surface area contributed by atoms with Gasteiger partial charge >= 0.3 is 12.3 Å². The van der Waals surface area contributed by atoms with E-state index < -0.39 is 49.4 Å². The average molecular weight is 351 g/mol. The molecular formula is C9H7ClF4N2O4S. The van der Waals surface area contributed by atoms with Gasteiger partial charge in [-0.05, 0) is 6.07 Å². The molecule has 0 bridgehead atoms. The molecule has 1 N–H and O–H groups in total. The number of rotatable bonds is 6. The Kier molecular flexibility index (Phi) is 5.12. The molecule has 0 spiro atoms. The van der Waals surface area contributed by atoms with Gasteiger partial charge in [0.25, 0.3) is 5.69 Å². The Balaban J connectivity index is 3.09. The number of hydrogen-bond acceptors (Lipinski definition) is 4. The van der Waals surface area contributed by atoms with E-state index in [0.717, 1.165) is 12.1 Å². The molecule has 1 aromatic carbocycles. The summed E-state index contributed by atoms with van der Waals surface area (Å²) in [6.45, 7) is -1.87. The maximum absolute atomic E-state index is 12.7. The highest BCUT2D eigenvalue weighted by Gasteiger charge is 2.41. The van der Waals surface area contributed by atoms with Crippen molar-refractivity contribution in [3.8, 4) is 0 Å². The van der Waals surface area contributed by atoms with Gasteiger partial charge in [0.1, 0.15) is 4.90 Å². The van der Waals surface area contributed by atoms with Crippen molar-refractivity contribution in [3.05, 3.63) is 33.3 Å². The van der Waals surface area contributed by atoms with Crippen LogP contribution in [0.4, 0.5) is 23.2 Å². The molecule has 12 heteroatoms. The molecule has 0 saturated heterocycles. The van der Waals surface area contributed by atoms with Crippen LogP contribution in [0.2, 0.25) is 5.02 Å². The van der Waals surface area contributed by atoms with Gasteiger partial charge in [0.15, 0.2) is 0 Å². The molecule has 21 heavy (non-hydrogen) atoms. The molecular weight excluding hydrogens is 344 g/mol. The number of hydrogen-bond donors (Lipinski definition) is 1.